The SMILES string of the molecule is CCCCCc1ccc(-c2ccc(-c3ncc(OCC(C)OC(=O)CCCC)cn3)cc2)cc1. The quantitative estimate of drug-likeness (QED) is 0.202. The van der Waals surface area contributed by atoms with Crippen LogP contribution < -0.4 is 4.74 Å². The first-order chi connectivity index (χ1) is 16.6. The van der Waals surface area contributed by atoms with E-state index in [1.807, 2.05) is 26.0 Å². The fourth-order valence-electron chi connectivity index (χ4n) is 3.65. The number of hydrogen-bond acceptors (Lipinski definition) is 5. The van der Waals surface area contributed by atoms with Crippen molar-refractivity contribution in [1.29, 1.82) is 0 Å². The van der Waals surface area contributed by atoms with Gasteiger partial charge in [-0.05, 0) is 42.9 Å². The summed E-state index contributed by atoms with van der Waals surface area (Å²) in [6.07, 6.45) is 10.2. The highest BCUT2D eigenvalue weighted by Crippen LogP contribution is 2.24. The number of benzene rings is 2. The second-order valence-corrected chi connectivity index (χ2v) is 8.69. The molecular weight excluding hydrogens is 424 g/mol. The fraction of sp³-hybridized carbons (Fsp3) is 0.414. The van der Waals surface area contributed by atoms with Gasteiger partial charge in [-0.1, -0.05) is 81.6 Å². The van der Waals surface area contributed by atoms with Crippen molar-refractivity contribution >= 4 is 5.97 Å². The zero-order valence-electron chi connectivity index (χ0n) is 20.6. The zero-order valence-corrected chi connectivity index (χ0v) is 20.6. The summed E-state index contributed by atoms with van der Waals surface area (Å²) in [5.41, 5.74) is 4.73. The lowest BCUT2D eigenvalue weighted by molar-refractivity contribution is -0.149. The van der Waals surface area contributed by atoms with Crippen molar-refractivity contribution in [3.63, 3.8) is 0 Å². The van der Waals surface area contributed by atoms with Crippen molar-refractivity contribution in [3.05, 3.63) is 66.5 Å². The summed E-state index contributed by atoms with van der Waals surface area (Å²) in [5, 5.41) is 0. The minimum atomic E-state index is -0.318. The Kier molecular flexibility index (Phi) is 10.1. The Morgan fingerprint density at radius 1 is 0.824 bits per heavy atom. The molecule has 5 nitrogen and oxygen atoms in total. The van der Waals surface area contributed by atoms with Crippen molar-refractivity contribution in [1.82, 2.24) is 9.97 Å². The van der Waals surface area contributed by atoms with Crippen LogP contribution in [-0.2, 0) is 16.0 Å². The van der Waals surface area contributed by atoms with Gasteiger partial charge in [-0.2, -0.15) is 0 Å². The number of nitrogens with zero attached hydrogens (tertiary/aromatic N) is 2. The molecule has 5 heteroatoms. The Morgan fingerprint density at radius 2 is 1.41 bits per heavy atom. The molecule has 0 fully saturated rings. The van der Waals surface area contributed by atoms with Crippen molar-refractivity contribution in [3.8, 4) is 28.3 Å². The third kappa shape index (κ3) is 7.98. The van der Waals surface area contributed by atoms with E-state index in [4.69, 9.17) is 9.47 Å². The molecule has 0 amide bonds. The Balaban J connectivity index is 1.52. The highest BCUT2D eigenvalue weighted by Gasteiger charge is 2.10. The van der Waals surface area contributed by atoms with E-state index >= 15 is 0 Å². The predicted octanol–water partition coefficient (Wildman–Crippen LogP) is 7.04. The maximum absolute atomic E-state index is 11.7. The van der Waals surface area contributed by atoms with Gasteiger partial charge < -0.3 is 9.47 Å². The average molecular weight is 461 g/mol. The third-order valence-corrected chi connectivity index (χ3v) is 5.68. The van der Waals surface area contributed by atoms with E-state index in [2.05, 4.69) is 53.3 Å². The van der Waals surface area contributed by atoms with Crippen LogP contribution in [0, 0.1) is 0 Å². The van der Waals surface area contributed by atoms with Crippen LogP contribution in [0.15, 0.2) is 60.9 Å². The fourth-order valence-corrected chi connectivity index (χ4v) is 3.65. The van der Waals surface area contributed by atoms with Crippen LogP contribution >= 0.6 is 0 Å². The molecule has 0 bridgehead atoms. The molecule has 0 aliphatic carbocycles. The average Bonchev–Trinajstić information content (AvgIpc) is 2.87. The number of carbonyl (C=O) groups is 1. The van der Waals surface area contributed by atoms with Gasteiger partial charge in [0.25, 0.3) is 0 Å². The van der Waals surface area contributed by atoms with Gasteiger partial charge in [0.2, 0.25) is 0 Å². The summed E-state index contributed by atoms with van der Waals surface area (Å²) in [6, 6.07) is 17.1. The van der Waals surface area contributed by atoms with E-state index in [9.17, 15) is 4.79 Å². The summed E-state index contributed by atoms with van der Waals surface area (Å²) >= 11 is 0. The van der Waals surface area contributed by atoms with Gasteiger partial charge in [0.05, 0.1) is 12.4 Å². The van der Waals surface area contributed by atoms with Crippen LogP contribution in [-0.4, -0.2) is 28.6 Å². The van der Waals surface area contributed by atoms with Gasteiger partial charge in [-0.25, -0.2) is 9.97 Å². The molecule has 0 radical (unpaired) electrons. The third-order valence-electron chi connectivity index (χ3n) is 5.68. The number of ether oxygens (including phenoxy) is 2. The predicted molar refractivity (Wildman–Crippen MR) is 137 cm³/mol. The first kappa shape index (κ1) is 25.4. The molecule has 34 heavy (non-hydrogen) atoms. The smallest absolute Gasteiger partial charge is 0.306 e. The van der Waals surface area contributed by atoms with Crippen LogP contribution in [0.2, 0.25) is 0 Å². The lowest BCUT2D eigenvalue weighted by atomic mass is 10.0. The summed E-state index contributed by atoms with van der Waals surface area (Å²) in [5.74, 6) is 1.01. The molecule has 1 aromatic heterocycles. The molecule has 1 unspecified atom stereocenters. The normalized spacial score (nSPS) is 11.7. The van der Waals surface area contributed by atoms with E-state index in [-0.39, 0.29) is 18.7 Å². The number of carbonyl (C=O) groups excluding carboxylic acids is 1. The number of aromatic nitrogens is 2. The molecule has 1 atom stereocenters. The molecule has 2 aromatic carbocycles. The van der Waals surface area contributed by atoms with Crippen LogP contribution in [0.3, 0.4) is 0 Å². The number of hydrogen-bond donors (Lipinski definition) is 0. The van der Waals surface area contributed by atoms with Gasteiger partial charge >= 0.3 is 5.97 Å². The summed E-state index contributed by atoms with van der Waals surface area (Å²) in [4.78, 5) is 20.6. The minimum Gasteiger partial charge on any atom is -0.486 e. The van der Waals surface area contributed by atoms with Crippen LogP contribution in [0.25, 0.3) is 22.5 Å². The van der Waals surface area contributed by atoms with Gasteiger partial charge in [0, 0.05) is 12.0 Å². The molecule has 0 aliphatic rings. The number of rotatable bonds is 13. The van der Waals surface area contributed by atoms with E-state index in [1.165, 1.54) is 36.0 Å². The maximum atomic E-state index is 11.7. The number of aryl methyl sites for hydroxylation is 1. The number of esters is 1. The Morgan fingerprint density at radius 3 is 2.03 bits per heavy atom. The minimum absolute atomic E-state index is 0.184. The van der Waals surface area contributed by atoms with Crippen molar-refractivity contribution in [2.45, 2.75) is 71.8 Å². The van der Waals surface area contributed by atoms with Gasteiger partial charge in [0.1, 0.15) is 12.7 Å². The summed E-state index contributed by atoms with van der Waals surface area (Å²) < 4.78 is 11.0. The molecule has 0 N–H and O–H groups in total. The van der Waals surface area contributed by atoms with Crippen LogP contribution in [0.4, 0.5) is 0 Å². The van der Waals surface area contributed by atoms with E-state index in [1.54, 1.807) is 12.4 Å². The first-order valence-electron chi connectivity index (χ1n) is 12.4. The van der Waals surface area contributed by atoms with Gasteiger partial charge in [0.15, 0.2) is 11.6 Å². The van der Waals surface area contributed by atoms with Crippen molar-refractivity contribution < 1.29 is 14.3 Å². The Hall–Kier alpha value is -3.21. The lowest BCUT2D eigenvalue weighted by Gasteiger charge is -2.14. The largest absolute Gasteiger partial charge is 0.486 e. The topological polar surface area (TPSA) is 61.3 Å². The van der Waals surface area contributed by atoms with E-state index in [0.717, 1.165) is 24.8 Å². The first-order valence-corrected chi connectivity index (χ1v) is 12.4. The second kappa shape index (κ2) is 13.5. The molecule has 0 aliphatic heterocycles. The lowest BCUT2D eigenvalue weighted by Crippen LogP contribution is -2.22. The monoisotopic (exact) mass is 460 g/mol. The molecule has 3 rings (SSSR count). The molecule has 180 valence electrons. The zero-order chi connectivity index (χ0) is 24.2. The van der Waals surface area contributed by atoms with E-state index in [0.29, 0.717) is 18.0 Å². The van der Waals surface area contributed by atoms with Gasteiger partial charge in [-0.3, -0.25) is 4.79 Å². The maximum Gasteiger partial charge on any atom is 0.306 e. The van der Waals surface area contributed by atoms with Crippen LogP contribution in [0.5, 0.6) is 5.75 Å². The molecule has 0 saturated carbocycles. The Bertz CT molecular complexity index is 999. The molecule has 0 saturated heterocycles. The Labute approximate surface area is 203 Å². The van der Waals surface area contributed by atoms with Crippen LogP contribution in [0.1, 0.15) is 64.9 Å². The highest BCUT2D eigenvalue weighted by atomic mass is 16.6. The van der Waals surface area contributed by atoms with Crippen molar-refractivity contribution in [2.75, 3.05) is 6.61 Å². The highest BCUT2D eigenvalue weighted by molar-refractivity contribution is 5.69. The molecule has 1 heterocycles. The standard InChI is InChI=1S/C29H36N2O3/c1-4-6-8-9-23-11-13-24(14-12-23)25-15-17-26(18-16-25)29-30-19-27(20-31-29)33-21-22(3)34-28(32)10-7-5-2/h11-20,22H,4-10,21H2,1-3H3. The van der Waals surface area contributed by atoms with Gasteiger partial charge in [-0.15, -0.1) is 0 Å². The number of unbranched alkanes of at least 4 members (excludes halogenated alkanes) is 3. The second-order valence-electron chi connectivity index (χ2n) is 8.69. The summed E-state index contributed by atoms with van der Waals surface area (Å²) in [6.45, 7) is 6.37. The van der Waals surface area contributed by atoms with Crippen molar-refractivity contribution in [2.24, 2.45) is 0 Å². The molecule has 3 aromatic rings. The molecular formula is C29H36N2O3. The summed E-state index contributed by atoms with van der Waals surface area (Å²) in [7, 11) is 0. The molecule has 0 spiro atoms. The van der Waals surface area contributed by atoms with E-state index < -0.39 is 0 Å².